The first-order valence-electron chi connectivity index (χ1n) is 10.0. The van der Waals surface area contributed by atoms with Crippen molar-refractivity contribution in [1.29, 1.82) is 0 Å². The van der Waals surface area contributed by atoms with Crippen LogP contribution in [0.3, 0.4) is 0 Å². The van der Waals surface area contributed by atoms with Crippen molar-refractivity contribution in [2.75, 3.05) is 25.0 Å². The average Bonchev–Trinajstić information content (AvgIpc) is 2.66. The van der Waals surface area contributed by atoms with Crippen LogP contribution in [-0.2, 0) is 0 Å². The maximum atomic E-state index is 4.93. The lowest BCUT2D eigenvalue weighted by atomic mass is 10.0. The Morgan fingerprint density at radius 1 is 1.11 bits per heavy atom. The van der Waals surface area contributed by atoms with Crippen molar-refractivity contribution in [3.05, 3.63) is 46.4 Å². The lowest BCUT2D eigenvalue weighted by Crippen LogP contribution is -2.25. The zero-order valence-corrected chi connectivity index (χ0v) is 18.4. The monoisotopic (exact) mass is 427 g/mol. The molecule has 1 N–H and O–H groups in total. The third-order valence-electron chi connectivity index (χ3n) is 5.34. The highest BCUT2D eigenvalue weighted by molar-refractivity contribution is 9.10. The van der Waals surface area contributed by atoms with E-state index in [1.54, 1.807) is 0 Å². The van der Waals surface area contributed by atoms with Crippen molar-refractivity contribution in [1.82, 2.24) is 9.88 Å². The van der Waals surface area contributed by atoms with E-state index in [1.165, 1.54) is 35.0 Å². The fraction of sp³-hybridized carbons (Fsp3) is 0.435. The molecule has 0 aliphatic rings. The van der Waals surface area contributed by atoms with Crippen molar-refractivity contribution in [3.8, 4) is 0 Å². The van der Waals surface area contributed by atoms with E-state index in [0.29, 0.717) is 6.04 Å². The van der Waals surface area contributed by atoms with Crippen LogP contribution in [0.5, 0.6) is 0 Å². The Labute approximate surface area is 171 Å². The van der Waals surface area contributed by atoms with Crippen LogP contribution in [0.1, 0.15) is 39.2 Å². The summed E-state index contributed by atoms with van der Waals surface area (Å²) in [6.07, 6.45) is 2.36. The molecule has 1 atom stereocenters. The van der Waals surface area contributed by atoms with E-state index in [0.717, 1.165) is 35.0 Å². The summed E-state index contributed by atoms with van der Waals surface area (Å²) in [6, 6.07) is 13.2. The van der Waals surface area contributed by atoms with E-state index in [-0.39, 0.29) is 0 Å². The number of benzene rings is 2. The second-order valence-corrected chi connectivity index (χ2v) is 8.25. The molecule has 2 aromatic carbocycles. The second kappa shape index (κ2) is 9.03. The number of aromatic nitrogens is 1. The molecule has 3 aromatic rings. The number of aryl methyl sites for hydroxylation is 1. The summed E-state index contributed by atoms with van der Waals surface area (Å²) in [7, 11) is 0. The molecule has 0 radical (unpaired) electrons. The SMILES string of the molecule is CCN(CC)CCC[C@H](C)Nc1c2ccccc2nc2c(C)cc(Br)cc12. The molecule has 144 valence electrons. The largest absolute Gasteiger partial charge is 0.381 e. The van der Waals surface area contributed by atoms with E-state index in [9.17, 15) is 0 Å². The van der Waals surface area contributed by atoms with Gasteiger partial charge in [-0.1, -0.05) is 48.0 Å². The Kier molecular flexibility index (Phi) is 6.72. The molecule has 0 amide bonds. The molecular formula is C23H30BrN3. The smallest absolute Gasteiger partial charge is 0.0760 e. The first kappa shape index (κ1) is 20.1. The lowest BCUT2D eigenvalue weighted by Gasteiger charge is -2.22. The van der Waals surface area contributed by atoms with Crippen LogP contribution in [0.25, 0.3) is 21.8 Å². The van der Waals surface area contributed by atoms with Gasteiger partial charge in [-0.2, -0.15) is 0 Å². The number of halogens is 1. The predicted octanol–water partition coefficient (Wildman–Crippen LogP) is 6.38. The third-order valence-corrected chi connectivity index (χ3v) is 5.79. The predicted molar refractivity (Wildman–Crippen MR) is 122 cm³/mol. The van der Waals surface area contributed by atoms with Crippen LogP contribution >= 0.6 is 15.9 Å². The van der Waals surface area contributed by atoms with Crippen LogP contribution in [0.2, 0.25) is 0 Å². The van der Waals surface area contributed by atoms with Gasteiger partial charge in [-0.05, 0) is 70.1 Å². The van der Waals surface area contributed by atoms with Gasteiger partial charge in [-0.25, -0.2) is 4.98 Å². The van der Waals surface area contributed by atoms with E-state index in [1.807, 2.05) is 0 Å². The van der Waals surface area contributed by atoms with Gasteiger partial charge in [0.2, 0.25) is 0 Å². The van der Waals surface area contributed by atoms with Crippen LogP contribution in [0.15, 0.2) is 40.9 Å². The zero-order chi connectivity index (χ0) is 19.4. The van der Waals surface area contributed by atoms with Gasteiger partial charge in [0.05, 0.1) is 16.7 Å². The molecular weight excluding hydrogens is 398 g/mol. The van der Waals surface area contributed by atoms with Crippen LogP contribution in [0, 0.1) is 6.92 Å². The molecule has 0 unspecified atom stereocenters. The first-order valence-corrected chi connectivity index (χ1v) is 10.8. The molecule has 0 spiro atoms. The fourth-order valence-electron chi connectivity index (χ4n) is 3.76. The number of hydrogen-bond donors (Lipinski definition) is 1. The van der Waals surface area contributed by atoms with Gasteiger partial charge in [0.25, 0.3) is 0 Å². The van der Waals surface area contributed by atoms with Gasteiger partial charge in [0.1, 0.15) is 0 Å². The topological polar surface area (TPSA) is 28.2 Å². The summed E-state index contributed by atoms with van der Waals surface area (Å²) >= 11 is 3.66. The Morgan fingerprint density at radius 2 is 1.85 bits per heavy atom. The van der Waals surface area contributed by atoms with Crippen molar-refractivity contribution in [2.45, 2.75) is 46.6 Å². The molecule has 1 aromatic heterocycles. The first-order chi connectivity index (χ1) is 13.0. The Bertz CT molecular complexity index is 918. The molecule has 0 bridgehead atoms. The number of pyridine rings is 1. The summed E-state index contributed by atoms with van der Waals surface area (Å²) in [4.78, 5) is 7.42. The quantitative estimate of drug-likeness (QED) is 0.422. The van der Waals surface area contributed by atoms with Gasteiger partial charge < -0.3 is 10.2 Å². The fourth-order valence-corrected chi connectivity index (χ4v) is 4.33. The number of fused-ring (bicyclic) bond motifs is 2. The molecule has 1 heterocycles. The highest BCUT2D eigenvalue weighted by Crippen LogP contribution is 2.34. The molecule has 3 rings (SSSR count). The Morgan fingerprint density at radius 3 is 2.59 bits per heavy atom. The summed E-state index contributed by atoms with van der Waals surface area (Å²) in [6.45, 7) is 12.3. The van der Waals surface area contributed by atoms with E-state index >= 15 is 0 Å². The molecule has 4 heteroatoms. The minimum absolute atomic E-state index is 0.411. The van der Waals surface area contributed by atoms with Gasteiger partial charge in [-0.15, -0.1) is 0 Å². The average molecular weight is 428 g/mol. The summed E-state index contributed by atoms with van der Waals surface area (Å²) < 4.78 is 1.10. The summed E-state index contributed by atoms with van der Waals surface area (Å²) in [5.74, 6) is 0. The number of anilines is 1. The Balaban J connectivity index is 1.91. The highest BCUT2D eigenvalue weighted by Gasteiger charge is 2.14. The van der Waals surface area contributed by atoms with Gasteiger partial charge in [-0.3, -0.25) is 0 Å². The second-order valence-electron chi connectivity index (χ2n) is 7.34. The summed E-state index contributed by atoms with van der Waals surface area (Å²) in [5.41, 5.74) is 4.53. The molecule has 27 heavy (non-hydrogen) atoms. The number of rotatable bonds is 8. The van der Waals surface area contributed by atoms with Crippen molar-refractivity contribution >= 4 is 43.4 Å². The highest BCUT2D eigenvalue weighted by atomic mass is 79.9. The van der Waals surface area contributed by atoms with Gasteiger partial charge in [0, 0.05) is 21.3 Å². The molecule has 0 fully saturated rings. The molecule has 0 aliphatic carbocycles. The minimum atomic E-state index is 0.411. The van der Waals surface area contributed by atoms with Crippen molar-refractivity contribution in [2.24, 2.45) is 0 Å². The maximum absolute atomic E-state index is 4.93. The standard InChI is InChI=1S/C23H30BrN3/c1-5-27(6-2)13-9-10-17(4)25-23-19-11-7-8-12-21(19)26-22-16(3)14-18(24)15-20(22)23/h7-8,11-12,14-15,17H,5-6,9-10,13H2,1-4H3,(H,25,26)/t17-/m0/s1. The van der Waals surface area contributed by atoms with Gasteiger partial charge >= 0.3 is 0 Å². The number of nitrogens with one attached hydrogen (secondary N) is 1. The van der Waals surface area contributed by atoms with Crippen molar-refractivity contribution < 1.29 is 0 Å². The molecule has 0 aliphatic heterocycles. The van der Waals surface area contributed by atoms with Crippen molar-refractivity contribution in [3.63, 3.8) is 0 Å². The maximum Gasteiger partial charge on any atom is 0.0760 e. The van der Waals surface area contributed by atoms with Crippen LogP contribution in [-0.4, -0.2) is 35.6 Å². The molecule has 3 nitrogen and oxygen atoms in total. The number of nitrogens with zero attached hydrogens (tertiary/aromatic N) is 2. The van der Waals surface area contributed by atoms with Crippen LogP contribution < -0.4 is 5.32 Å². The summed E-state index contributed by atoms with van der Waals surface area (Å²) in [5, 5.41) is 6.20. The molecule has 0 saturated carbocycles. The van der Waals surface area contributed by atoms with E-state index in [2.05, 4.69) is 90.2 Å². The van der Waals surface area contributed by atoms with Gasteiger partial charge in [0.15, 0.2) is 0 Å². The van der Waals surface area contributed by atoms with E-state index in [4.69, 9.17) is 4.98 Å². The van der Waals surface area contributed by atoms with Crippen LogP contribution in [0.4, 0.5) is 5.69 Å². The Hall–Kier alpha value is -1.65. The third kappa shape index (κ3) is 4.61. The number of hydrogen-bond acceptors (Lipinski definition) is 3. The number of para-hydroxylation sites is 1. The minimum Gasteiger partial charge on any atom is -0.381 e. The lowest BCUT2D eigenvalue weighted by molar-refractivity contribution is 0.295. The normalized spacial score (nSPS) is 12.8. The molecule has 0 saturated heterocycles. The zero-order valence-electron chi connectivity index (χ0n) is 16.8. The van der Waals surface area contributed by atoms with E-state index < -0.39 is 0 Å².